The summed E-state index contributed by atoms with van der Waals surface area (Å²) in [5, 5.41) is 0.809. The van der Waals surface area contributed by atoms with Gasteiger partial charge < -0.3 is 19.4 Å². The van der Waals surface area contributed by atoms with E-state index in [1.54, 1.807) is 18.0 Å². The van der Waals surface area contributed by atoms with E-state index < -0.39 is 17.5 Å². The Morgan fingerprint density at radius 2 is 1.87 bits per heavy atom. The summed E-state index contributed by atoms with van der Waals surface area (Å²) in [4.78, 5) is 43.8. The lowest BCUT2D eigenvalue weighted by Gasteiger charge is -2.32. The second-order valence-electron chi connectivity index (χ2n) is 8.32. The predicted molar refractivity (Wildman–Crippen MR) is 111 cm³/mol. The van der Waals surface area contributed by atoms with Gasteiger partial charge in [0.05, 0.1) is 18.6 Å². The molecule has 2 heterocycles. The molecule has 4 rings (SSSR count). The summed E-state index contributed by atoms with van der Waals surface area (Å²) in [6.45, 7) is 3.77. The van der Waals surface area contributed by atoms with Crippen LogP contribution in [0.1, 0.15) is 49.4 Å². The standard InChI is InChI=1S/C23H28N2O5/c1-16(21(27)18-15-24-19-7-3-2-6-17(18)19)30-22(28)23(8-4-5-9-23)14-20(26)25-10-12-29-13-11-25/h2-3,6-7,15-16,24H,4-5,8-14H2,1H3/t16-/m0/s1. The molecule has 1 aliphatic heterocycles. The lowest BCUT2D eigenvalue weighted by molar-refractivity contribution is -0.162. The lowest BCUT2D eigenvalue weighted by Crippen LogP contribution is -2.45. The van der Waals surface area contributed by atoms with Gasteiger partial charge in [-0.15, -0.1) is 0 Å². The average molecular weight is 412 g/mol. The Hall–Kier alpha value is -2.67. The minimum Gasteiger partial charge on any atom is -0.454 e. The average Bonchev–Trinajstić information content (AvgIpc) is 3.41. The molecule has 0 radical (unpaired) electrons. The van der Waals surface area contributed by atoms with Gasteiger partial charge in [-0.2, -0.15) is 0 Å². The topological polar surface area (TPSA) is 88.7 Å². The van der Waals surface area contributed by atoms with Gasteiger partial charge in [-0.25, -0.2) is 0 Å². The maximum Gasteiger partial charge on any atom is 0.313 e. The number of morpholine rings is 1. The molecule has 2 aromatic rings. The summed E-state index contributed by atoms with van der Waals surface area (Å²) >= 11 is 0. The molecule has 2 aliphatic rings. The van der Waals surface area contributed by atoms with Gasteiger partial charge in [-0.05, 0) is 25.8 Å². The summed E-state index contributed by atoms with van der Waals surface area (Å²) in [5.41, 5.74) is 0.544. The fourth-order valence-electron chi connectivity index (χ4n) is 4.55. The van der Waals surface area contributed by atoms with Gasteiger partial charge >= 0.3 is 5.97 Å². The number of para-hydroxylation sites is 1. The van der Waals surface area contributed by atoms with E-state index >= 15 is 0 Å². The van der Waals surface area contributed by atoms with E-state index in [9.17, 15) is 14.4 Å². The number of Topliss-reactive ketones (excluding diaryl/α,β-unsaturated/α-hetero) is 1. The van der Waals surface area contributed by atoms with E-state index in [2.05, 4.69) is 4.98 Å². The number of esters is 1. The van der Waals surface area contributed by atoms with E-state index in [1.807, 2.05) is 24.3 Å². The first-order valence-electron chi connectivity index (χ1n) is 10.7. The van der Waals surface area contributed by atoms with Crippen LogP contribution in [-0.2, 0) is 19.1 Å². The SMILES string of the molecule is C[C@H](OC(=O)C1(CC(=O)N2CCOCC2)CCCC1)C(=O)c1c[nH]c2ccccc12. The molecule has 7 nitrogen and oxygen atoms in total. The molecule has 1 N–H and O–H groups in total. The van der Waals surface area contributed by atoms with E-state index in [0.717, 1.165) is 23.7 Å². The van der Waals surface area contributed by atoms with Crippen molar-refractivity contribution in [3.63, 3.8) is 0 Å². The summed E-state index contributed by atoms with van der Waals surface area (Å²) in [6.07, 6.45) is 3.90. The van der Waals surface area contributed by atoms with Crippen molar-refractivity contribution in [3.8, 4) is 0 Å². The van der Waals surface area contributed by atoms with Crippen LogP contribution >= 0.6 is 0 Å². The molecule has 160 valence electrons. The third kappa shape index (κ3) is 3.99. The maximum absolute atomic E-state index is 13.2. The molecule has 1 saturated heterocycles. The van der Waals surface area contributed by atoms with Crippen molar-refractivity contribution in [3.05, 3.63) is 36.0 Å². The van der Waals surface area contributed by atoms with Crippen LogP contribution in [0.4, 0.5) is 0 Å². The van der Waals surface area contributed by atoms with Crippen molar-refractivity contribution < 1.29 is 23.9 Å². The number of H-pyrrole nitrogens is 1. The molecule has 0 bridgehead atoms. The van der Waals surface area contributed by atoms with Crippen LogP contribution in [0, 0.1) is 5.41 Å². The third-order valence-electron chi connectivity index (χ3n) is 6.35. The Labute approximate surface area is 175 Å². The Morgan fingerprint density at radius 3 is 2.60 bits per heavy atom. The molecule has 0 spiro atoms. The maximum atomic E-state index is 13.2. The number of benzene rings is 1. The Bertz CT molecular complexity index is 938. The monoisotopic (exact) mass is 412 g/mol. The predicted octanol–water partition coefficient (Wildman–Crippen LogP) is 3.09. The highest BCUT2D eigenvalue weighted by Crippen LogP contribution is 2.43. The summed E-state index contributed by atoms with van der Waals surface area (Å²) < 4.78 is 11.0. The first-order valence-corrected chi connectivity index (χ1v) is 10.7. The minimum atomic E-state index is -0.910. The van der Waals surface area contributed by atoms with Crippen LogP contribution in [0.5, 0.6) is 0 Å². The van der Waals surface area contributed by atoms with Gasteiger partial charge in [0.2, 0.25) is 11.7 Å². The normalized spacial score (nSPS) is 19.6. The van der Waals surface area contributed by atoms with Crippen molar-refractivity contribution in [2.24, 2.45) is 5.41 Å². The van der Waals surface area contributed by atoms with Crippen molar-refractivity contribution in [2.75, 3.05) is 26.3 Å². The number of aromatic amines is 1. The first kappa shape index (κ1) is 20.6. The molecule has 1 aromatic heterocycles. The number of rotatable bonds is 6. The molecule has 7 heteroatoms. The quantitative estimate of drug-likeness (QED) is 0.582. The molecule has 1 aromatic carbocycles. The second kappa shape index (κ2) is 8.60. The van der Waals surface area contributed by atoms with E-state index in [0.29, 0.717) is 44.7 Å². The fourth-order valence-corrected chi connectivity index (χ4v) is 4.55. The molecular formula is C23H28N2O5. The Kier molecular flexibility index (Phi) is 5.90. The van der Waals surface area contributed by atoms with E-state index in [4.69, 9.17) is 9.47 Å². The molecule has 0 unspecified atom stereocenters. The van der Waals surface area contributed by atoms with E-state index in [-0.39, 0.29) is 18.1 Å². The number of ether oxygens (including phenoxy) is 2. The van der Waals surface area contributed by atoms with Gasteiger partial charge in [0.25, 0.3) is 0 Å². The van der Waals surface area contributed by atoms with Gasteiger partial charge in [-0.1, -0.05) is 31.0 Å². The first-order chi connectivity index (χ1) is 14.5. The molecule has 1 atom stereocenters. The van der Waals surface area contributed by atoms with Crippen LogP contribution in [0.25, 0.3) is 10.9 Å². The van der Waals surface area contributed by atoms with Crippen molar-refractivity contribution in [1.82, 2.24) is 9.88 Å². The number of nitrogens with one attached hydrogen (secondary N) is 1. The largest absolute Gasteiger partial charge is 0.454 e. The van der Waals surface area contributed by atoms with Gasteiger partial charge in [0.15, 0.2) is 6.10 Å². The molecule has 1 amide bonds. The number of ketones is 1. The van der Waals surface area contributed by atoms with Crippen LogP contribution in [0.15, 0.2) is 30.5 Å². The molecular weight excluding hydrogens is 384 g/mol. The number of aromatic nitrogens is 1. The zero-order valence-electron chi connectivity index (χ0n) is 17.3. The Balaban J connectivity index is 1.46. The zero-order valence-corrected chi connectivity index (χ0v) is 17.3. The van der Waals surface area contributed by atoms with Gasteiger partial charge in [0, 0.05) is 42.2 Å². The van der Waals surface area contributed by atoms with Crippen LogP contribution in [0.3, 0.4) is 0 Å². The zero-order chi connectivity index (χ0) is 21.1. The number of hydrogen-bond acceptors (Lipinski definition) is 5. The number of hydrogen-bond donors (Lipinski definition) is 1. The lowest BCUT2D eigenvalue weighted by atomic mass is 9.82. The van der Waals surface area contributed by atoms with Gasteiger partial charge in [-0.3, -0.25) is 14.4 Å². The van der Waals surface area contributed by atoms with Crippen molar-refractivity contribution >= 4 is 28.6 Å². The fraction of sp³-hybridized carbons (Fsp3) is 0.522. The molecule has 2 fully saturated rings. The highest BCUT2D eigenvalue weighted by atomic mass is 16.5. The highest BCUT2D eigenvalue weighted by Gasteiger charge is 2.46. The summed E-state index contributed by atoms with van der Waals surface area (Å²) in [7, 11) is 0. The van der Waals surface area contributed by atoms with Crippen molar-refractivity contribution in [1.29, 1.82) is 0 Å². The van der Waals surface area contributed by atoms with Crippen LogP contribution < -0.4 is 0 Å². The number of amides is 1. The number of nitrogens with zero attached hydrogens (tertiary/aromatic N) is 1. The third-order valence-corrected chi connectivity index (χ3v) is 6.35. The second-order valence-corrected chi connectivity index (χ2v) is 8.32. The van der Waals surface area contributed by atoms with Crippen LogP contribution in [0.2, 0.25) is 0 Å². The number of fused-ring (bicyclic) bond motifs is 1. The molecule has 30 heavy (non-hydrogen) atoms. The van der Waals surface area contributed by atoms with Crippen LogP contribution in [-0.4, -0.2) is 60.0 Å². The molecule has 1 saturated carbocycles. The number of carbonyl (C=O) groups is 3. The number of carbonyl (C=O) groups excluding carboxylic acids is 3. The van der Waals surface area contributed by atoms with Crippen molar-refractivity contribution in [2.45, 2.75) is 45.1 Å². The highest BCUT2D eigenvalue weighted by molar-refractivity contribution is 6.10. The summed E-state index contributed by atoms with van der Waals surface area (Å²) in [6, 6.07) is 7.53. The summed E-state index contributed by atoms with van der Waals surface area (Å²) in [5.74, 6) is -0.705. The minimum absolute atomic E-state index is 0.0345. The Morgan fingerprint density at radius 1 is 1.17 bits per heavy atom. The molecule has 1 aliphatic carbocycles. The smallest absolute Gasteiger partial charge is 0.313 e. The van der Waals surface area contributed by atoms with Gasteiger partial charge in [0.1, 0.15) is 0 Å². The van der Waals surface area contributed by atoms with E-state index in [1.165, 1.54) is 0 Å².